The first kappa shape index (κ1) is 14.9. The molecule has 1 fully saturated rings. The molecule has 1 aliphatic rings. The van der Waals surface area contributed by atoms with Gasteiger partial charge in [0.25, 0.3) is 0 Å². The van der Waals surface area contributed by atoms with E-state index in [-0.39, 0.29) is 22.8 Å². The highest BCUT2D eigenvalue weighted by Crippen LogP contribution is 2.34. The molecule has 0 radical (unpaired) electrons. The van der Waals surface area contributed by atoms with Crippen LogP contribution in [0.25, 0.3) is 33.5 Å². The molecule has 130 valence electrons. The number of nitrogens with zero attached hydrogens (tertiary/aromatic N) is 5. The van der Waals surface area contributed by atoms with Crippen molar-refractivity contribution in [3.05, 3.63) is 34.2 Å². The van der Waals surface area contributed by atoms with Crippen LogP contribution in [0.3, 0.4) is 0 Å². The van der Waals surface area contributed by atoms with E-state index in [4.69, 9.17) is 10.2 Å². The van der Waals surface area contributed by atoms with E-state index in [2.05, 4.69) is 30.6 Å². The number of anilines is 1. The van der Waals surface area contributed by atoms with Gasteiger partial charge in [-0.05, 0) is 30.2 Å². The predicted molar refractivity (Wildman–Crippen MR) is 94.4 cm³/mol. The van der Waals surface area contributed by atoms with E-state index in [0.717, 1.165) is 18.5 Å². The van der Waals surface area contributed by atoms with Crippen LogP contribution in [0.5, 0.6) is 0 Å². The highest BCUT2D eigenvalue weighted by atomic mass is 16.3. The molecule has 0 aromatic carbocycles. The first-order valence-electron chi connectivity index (χ1n) is 8.47. The molecule has 3 N–H and O–H groups in total. The molecular formula is C17H15N7O2. The Labute approximate surface area is 146 Å². The molecule has 4 heterocycles. The highest BCUT2D eigenvalue weighted by Gasteiger charge is 2.21. The first-order chi connectivity index (χ1) is 12.7. The fourth-order valence-corrected chi connectivity index (χ4v) is 3.62. The summed E-state index contributed by atoms with van der Waals surface area (Å²) in [5, 5.41) is 14.5. The molecule has 1 saturated carbocycles. The number of nitrogen functional groups attached to an aromatic ring is 1. The smallest absolute Gasteiger partial charge is 0.232 e. The third-order valence-electron chi connectivity index (χ3n) is 4.96. The van der Waals surface area contributed by atoms with Gasteiger partial charge in [-0.1, -0.05) is 12.8 Å². The third kappa shape index (κ3) is 2.24. The van der Waals surface area contributed by atoms with Crippen molar-refractivity contribution in [2.45, 2.75) is 31.6 Å². The fourth-order valence-electron chi connectivity index (χ4n) is 3.62. The minimum atomic E-state index is -0.167. The van der Waals surface area contributed by atoms with Crippen LogP contribution < -0.4 is 11.2 Å². The molecule has 26 heavy (non-hydrogen) atoms. The molecule has 0 amide bonds. The van der Waals surface area contributed by atoms with Crippen molar-refractivity contribution in [2.75, 3.05) is 5.73 Å². The lowest BCUT2D eigenvalue weighted by Gasteiger charge is -2.09. The van der Waals surface area contributed by atoms with Crippen LogP contribution >= 0.6 is 0 Å². The molecule has 0 spiro atoms. The van der Waals surface area contributed by atoms with Crippen LogP contribution in [0.2, 0.25) is 0 Å². The number of pyridine rings is 2. The second-order valence-electron chi connectivity index (χ2n) is 6.53. The average Bonchev–Trinajstić information content (AvgIpc) is 3.35. The number of nitrogens with one attached hydrogen (secondary N) is 1. The summed E-state index contributed by atoms with van der Waals surface area (Å²) >= 11 is 0. The largest absolute Gasteiger partial charge is 0.436 e. The molecule has 0 saturated heterocycles. The van der Waals surface area contributed by atoms with Gasteiger partial charge in [0, 0.05) is 11.6 Å². The van der Waals surface area contributed by atoms with Gasteiger partial charge in [-0.25, -0.2) is 0 Å². The Morgan fingerprint density at radius 3 is 2.81 bits per heavy atom. The van der Waals surface area contributed by atoms with Crippen molar-refractivity contribution in [1.82, 2.24) is 30.6 Å². The SMILES string of the molecule is Nc1nc2oc3cnc(C4CCCC4)cc3c(=O)c2cc1-c1nn[nH]n1. The topological polar surface area (TPSA) is 136 Å². The van der Waals surface area contributed by atoms with Gasteiger partial charge < -0.3 is 10.2 Å². The van der Waals surface area contributed by atoms with Crippen molar-refractivity contribution in [1.29, 1.82) is 0 Å². The van der Waals surface area contributed by atoms with E-state index in [1.807, 2.05) is 6.07 Å². The Bertz CT molecular complexity index is 1180. The predicted octanol–water partition coefficient (Wildman–Crippen LogP) is 2.16. The molecule has 0 bridgehead atoms. The summed E-state index contributed by atoms with van der Waals surface area (Å²) in [6, 6.07) is 3.45. The second kappa shape index (κ2) is 5.58. The number of aromatic nitrogens is 6. The monoisotopic (exact) mass is 349 g/mol. The minimum absolute atomic E-state index is 0.164. The zero-order valence-corrected chi connectivity index (χ0v) is 13.8. The van der Waals surface area contributed by atoms with Crippen LogP contribution in [0.15, 0.2) is 27.5 Å². The third-order valence-corrected chi connectivity index (χ3v) is 4.96. The number of hydrogen-bond acceptors (Lipinski definition) is 8. The summed E-state index contributed by atoms with van der Waals surface area (Å²) in [6.07, 6.45) is 6.23. The maximum atomic E-state index is 13.1. The number of tetrazole rings is 1. The zero-order valence-electron chi connectivity index (χ0n) is 13.8. The molecule has 9 nitrogen and oxygen atoms in total. The Kier molecular flexibility index (Phi) is 3.21. The molecule has 9 heteroatoms. The Hall–Kier alpha value is -3.36. The van der Waals surface area contributed by atoms with E-state index in [0.29, 0.717) is 27.8 Å². The van der Waals surface area contributed by atoms with Crippen LogP contribution in [-0.4, -0.2) is 30.6 Å². The number of rotatable bonds is 2. The summed E-state index contributed by atoms with van der Waals surface area (Å²) < 4.78 is 5.78. The van der Waals surface area contributed by atoms with E-state index in [1.165, 1.54) is 12.8 Å². The standard InChI is InChI=1S/C17H15N7O2/c18-15-11(16-21-23-24-22-16)5-10-14(25)9-6-12(8-3-1-2-4-8)19-7-13(9)26-17(10)20-15/h5-8H,1-4H2,(H2,18,20)(H,21,22,23,24). The maximum absolute atomic E-state index is 13.1. The van der Waals surface area contributed by atoms with Crippen molar-refractivity contribution in [2.24, 2.45) is 0 Å². The number of nitrogens with two attached hydrogens (primary N) is 1. The normalized spacial score (nSPS) is 15.2. The van der Waals surface area contributed by atoms with Gasteiger partial charge in [0.05, 0.1) is 22.5 Å². The lowest BCUT2D eigenvalue weighted by Crippen LogP contribution is -2.07. The quantitative estimate of drug-likeness (QED) is 0.525. The lowest BCUT2D eigenvalue weighted by atomic mass is 10.0. The highest BCUT2D eigenvalue weighted by molar-refractivity contribution is 5.91. The van der Waals surface area contributed by atoms with Gasteiger partial charge in [-0.15, -0.1) is 10.2 Å². The number of hydrogen-bond donors (Lipinski definition) is 2. The molecule has 4 aromatic heterocycles. The summed E-state index contributed by atoms with van der Waals surface area (Å²) in [7, 11) is 0. The summed E-state index contributed by atoms with van der Waals surface area (Å²) in [5.41, 5.74) is 7.76. The number of H-pyrrole nitrogens is 1. The van der Waals surface area contributed by atoms with Crippen LogP contribution in [-0.2, 0) is 0 Å². The average molecular weight is 349 g/mol. The van der Waals surface area contributed by atoms with Gasteiger partial charge in [0.15, 0.2) is 5.58 Å². The molecule has 4 aromatic rings. The lowest BCUT2D eigenvalue weighted by molar-refractivity contribution is 0.639. The van der Waals surface area contributed by atoms with Crippen LogP contribution in [0.4, 0.5) is 5.82 Å². The Morgan fingerprint density at radius 2 is 2.04 bits per heavy atom. The Balaban J connectivity index is 1.75. The fraction of sp³-hybridized carbons (Fsp3) is 0.294. The van der Waals surface area contributed by atoms with Gasteiger partial charge in [0.1, 0.15) is 5.82 Å². The van der Waals surface area contributed by atoms with Crippen molar-refractivity contribution < 1.29 is 4.42 Å². The first-order valence-corrected chi connectivity index (χ1v) is 8.47. The van der Waals surface area contributed by atoms with Gasteiger partial charge in [0.2, 0.25) is 17.0 Å². The summed E-state index contributed by atoms with van der Waals surface area (Å²) in [5.74, 6) is 0.851. The minimum Gasteiger partial charge on any atom is -0.436 e. The molecule has 0 atom stereocenters. The molecule has 0 aliphatic heterocycles. The van der Waals surface area contributed by atoms with E-state index < -0.39 is 0 Å². The van der Waals surface area contributed by atoms with E-state index >= 15 is 0 Å². The van der Waals surface area contributed by atoms with Gasteiger partial charge in [-0.2, -0.15) is 10.2 Å². The van der Waals surface area contributed by atoms with Crippen molar-refractivity contribution in [3.8, 4) is 11.4 Å². The summed E-state index contributed by atoms with van der Waals surface area (Å²) in [4.78, 5) is 21.8. The molecule has 0 unspecified atom stereocenters. The molecule has 1 aliphatic carbocycles. The van der Waals surface area contributed by atoms with Crippen LogP contribution in [0, 0.1) is 0 Å². The molecule has 5 rings (SSSR count). The number of fused-ring (bicyclic) bond motifs is 2. The van der Waals surface area contributed by atoms with Gasteiger partial charge in [-0.3, -0.25) is 9.78 Å². The Morgan fingerprint density at radius 1 is 1.19 bits per heavy atom. The number of aromatic amines is 1. The summed E-state index contributed by atoms with van der Waals surface area (Å²) in [6.45, 7) is 0. The van der Waals surface area contributed by atoms with E-state index in [9.17, 15) is 4.79 Å². The van der Waals surface area contributed by atoms with Crippen molar-refractivity contribution >= 4 is 27.9 Å². The zero-order chi connectivity index (χ0) is 17.7. The molecular weight excluding hydrogens is 334 g/mol. The van der Waals surface area contributed by atoms with E-state index in [1.54, 1.807) is 12.3 Å². The van der Waals surface area contributed by atoms with Crippen molar-refractivity contribution in [3.63, 3.8) is 0 Å². The maximum Gasteiger partial charge on any atom is 0.232 e. The van der Waals surface area contributed by atoms with Crippen LogP contribution in [0.1, 0.15) is 37.3 Å². The second-order valence-corrected chi connectivity index (χ2v) is 6.53. The van der Waals surface area contributed by atoms with Gasteiger partial charge >= 0.3 is 0 Å².